The molecule has 1 aromatic rings. The van der Waals surface area contributed by atoms with Crippen molar-refractivity contribution in [2.75, 3.05) is 0 Å². The summed E-state index contributed by atoms with van der Waals surface area (Å²) in [7, 11) is 0. The van der Waals surface area contributed by atoms with Crippen LogP contribution in [0, 0.1) is 0 Å². The second-order valence-electron chi connectivity index (χ2n) is 5.97. The maximum atomic E-state index is 12.5. The molecule has 2 fully saturated rings. The molecule has 5 nitrogen and oxygen atoms in total. The predicted octanol–water partition coefficient (Wildman–Crippen LogP) is 1.80. The van der Waals surface area contributed by atoms with Crippen LogP contribution in [-0.2, 0) is 9.59 Å². The highest BCUT2D eigenvalue weighted by Crippen LogP contribution is 2.28. The van der Waals surface area contributed by atoms with Crippen molar-refractivity contribution in [2.24, 2.45) is 0 Å². The van der Waals surface area contributed by atoms with E-state index in [9.17, 15) is 9.59 Å². The fourth-order valence-corrected chi connectivity index (χ4v) is 3.36. The average Bonchev–Trinajstić information content (AvgIpc) is 3.09. The highest BCUT2D eigenvalue weighted by molar-refractivity contribution is 6.05. The molecule has 1 aliphatic carbocycles. The largest absolute Gasteiger partial charge is 0.299 e. The molecule has 0 aromatic carbocycles. The molecular formula is C16H21N3O2. The average molecular weight is 287 g/mol. The monoisotopic (exact) mass is 287 g/mol. The maximum Gasteiger partial charge on any atom is 0.247 e. The van der Waals surface area contributed by atoms with Crippen molar-refractivity contribution in [2.45, 2.75) is 57.2 Å². The molecule has 3 rings (SSSR count). The van der Waals surface area contributed by atoms with Crippen LogP contribution in [0.15, 0.2) is 24.5 Å². The Balaban J connectivity index is 1.67. The molecule has 2 aliphatic rings. The van der Waals surface area contributed by atoms with Gasteiger partial charge in [-0.25, -0.2) is 0 Å². The Labute approximate surface area is 124 Å². The SMILES string of the molecule is CC(NC1CC(=O)N(C2CCCC2)C1=O)c1cccnc1. The lowest BCUT2D eigenvalue weighted by atomic mass is 10.1. The number of likely N-dealkylation sites (tertiary alicyclic amines) is 1. The minimum Gasteiger partial charge on any atom is -0.299 e. The molecule has 2 heterocycles. The topological polar surface area (TPSA) is 62.3 Å². The van der Waals surface area contributed by atoms with Gasteiger partial charge in [-0.15, -0.1) is 0 Å². The molecular weight excluding hydrogens is 266 g/mol. The molecule has 0 spiro atoms. The number of imide groups is 1. The van der Waals surface area contributed by atoms with E-state index in [4.69, 9.17) is 0 Å². The Hall–Kier alpha value is -1.75. The van der Waals surface area contributed by atoms with E-state index in [1.54, 1.807) is 12.4 Å². The summed E-state index contributed by atoms with van der Waals surface area (Å²) in [5, 5.41) is 3.28. The fraction of sp³-hybridized carbons (Fsp3) is 0.562. The molecule has 1 saturated carbocycles. The van der Waals surface area contributed by atoms with E-state index in [2.05, 4.69) is 10.3 Å². The number of carbonyl (C=O) groups is 2. The molecule has 112 valence electrons. The molecule has 5 heteroatoms. The molecule has 2 amide bonds. The highest BCUT2D eigenvalue weighted by Gasteiger charge is 2.43. The number of hydrogen-bond acceptors (Lipinski definition) is 4. The van der Waals surface area contributed by atoms with Crippen molar-refractivity contribution >= 4 is 11.8 Å². The summed E-state index contributed by atoms with van der Waals surface area (Å²) in [6, 6.07) is 3.59. The maximum absolute atomic E-state index is 12.5. The Bertz CT molecular complexity index is 526. The zero-order chi connectivity index (χ0) is 14.8. The van der Waals surface area contributed by atoms with E-state index in [-0.39, 0.29) is 30.3 Å². The standard InChI is InChI=1S/C16H21N3O2/c1-11(12-5-4-8-17-10-12)18-14-9-15(20)19(16(14)21)13-6-2-3-7-13/h4-5,8,10-11,13-14,18H,2-3,6-7,9H2,1H3. The molecule has 0 bridgehead atoms. The Kier molecular flexibility index (Phi) is 4.01. The summed E-state index contributed by atoms with van der Waals surface area (Å²) in [5.41, 5.74) is 1.03. The third kappa shape index (κ3) is 2.83. The summed E-state index contributed by atoms with van der Waals surface area (Å²) in [4.78, 5) is 30.3. The minimum atomic E-state index is -0.395. The quantitative estimate of drug-likeness (QED) is 0.858. The summed E-state index contributed by atoms with van der Waals surface area (Å²) in [5.74, 6) is -0.0783. The molecule has 0 radical (unpaired) electrons. The second kappa shape index (κ2) is 5.93. The number of aromatic nitrogens is 1. The van der Waals surface area contributed by atoms with E-state index >= 15 is 0 Å². The van der Waals surface area contributed by atoms with Crippen LogP contribution in [0.25, 0.3) is 0 Å². The lowest BCUT2D eigenvalue weighted by Crippen LogP contribution is -2.43. The van der Waals surface area contributed by atoms with Crippen LogP contribution < -0.4 is 5.32 Å². The number of amides is 2. The summed E-state index contributed by atoms with van der Waals surface area (Å²) >= 11 is 0. The van der Waals surface area contributed by atoms with Gasteiger partial charge in [-0.1, -0.05) is 18.9 Å². The van der Waals surface area contributed by atoms with Crippen LogP contribution >= 0.6 is 0 Å². The number of rotatable bonds is 4. The van der Waals surface area contributed by atoms with Crippen molar-refractivity contribution in [1.82, 2.24) is 15.2 Å². The predicted molar refractivity (Wildman–Crippen MR) is 78.3 cm³/mol. The highest BCUT2D eigenvalue weighted by atomic mass is 16.2. The van der Waals surface area contributed by atoms with Gasteiger partial charge in [0.25, 0.3) is 0 Å². The van der Waals surface area contributed by atoms with Crippen molar-refractivity contribution in [3.63, 3.8) is 0 Å². The van der Waals surface area contributed by atoms with Gasteiger partial charge in [-0.3, -0.25) is 24.8 Å². The number of hydrogen-bond donors (Lipinski definition) is 1. The number of nitrogens with zero attached hydrogens (tertiary/aromatic N) is 2. The smallest absolute Gasteiger partial charge is 0.247 e. The van der Waals surface area contributed by atoms with Crippen LogP contribution in [0.3, 0.4) is 0 Å². The van der Waals surface area contributed by atoms with E-state index < -0.39 is 6.04 Å². The van der Waals surface area contributed by atoms with Gasteiger partial charge in [-0.05, 0) is 31.4 Å². The Morgan fingerprint density at radius 3 is 2.76 bits per heavy atom. The lowest BCUT2D eigenvalue weighted by Gasteiger charge is -2.23. The van der Waals surface area contributed by atoms with E-state index in [1.807, 2.05) is 19.1 Å². The van der Waals surface area contributed by atoms with Crippen LogP contribution in [0.5, 0.6) is 0 Å². The first kappa shape index (κ1) is 14.2. The molecule has 1 aromatic heterocycles. The first-order chi connectivity index (χ1) is 10.2. The van der Waals surface area contributed by atoms with Crippen molar-refractivity contribution < 1.29 is 9.59 Å². The summed E-state index contributed by atoms with van der Waals surface area (Å²) < 4.78 is 0. The van der Waals surface area contributed by atoms with Crippen molar-refractivity contribution in [1.29, 1.82) is 0 Å². The van der Waals surface area contributed by atoms with Gasteiger partial charge in [-0.2, -0.15) is 0 Å². The molecule has 1 aliphatic heterocycles. The van der Waals surface area contributed by atoms with Gasteiger partial charge in [0.1, 0.15) is 0 Å². The molecule has 2 unspecified atom stereocenters. The van der Waals surface area contributed by atoms with Gasteiger partial charge in [0.15, 0.2) is 0 Å². The minimum absolute atomic E-state index is 0.00368. The van der Waals surface area contributed by atoms with Gasteiger partial charge in [0, 0.05) is 24.5 Å². The van der Waals surface area contributed by atoms with Crippen LogP contribution in [-0.4, -0.2) is 33.8 Å². The van der Waals surface area contributed by atoms with Gasteiger partial charge >= 0.3 is 0 Å². The van der Waals surface area contributed by atoms with E-state index in [0.29, 0.717) is 0 Å². The van der Waals surface area contributed by atoms with E-state index in [1.165, 1.54) is 4.90 Å². The lowest BCUT2D eigenvalue weighted by molar-refractivity contribution is -0.141. The zero-order valence-corrected chi connectivity index (χ0v) is 12.3. The van der Waals surface area contributed by atoms with Gasteiger partial charge in [0.2, 0.25) is 11.8 Å². The molecule has 1 saturated heterocycles. The Morgan fingerprint density at radius 1 is 1.33 bits per heavy atom. The molecule has 2 atom stereocenters. The summed E-state index contributed by atoms with van der Waals surface area (Å²) in [6.45, 7) is 1.99. The Morgan fingerprint density at radius 2 is 2.10 bits per heavy atom. The number of carbonyl (C=O) groups excluding carboxylic acids is 2. The van der Waals surface area contributed by atoms with Gasteiger partial charge in [0.05, 0.1) is 12.5 Å². The third-order valence-electron chi connectivity index (χ3n) is 4.51. The fourth-order valence-electron chi connectivity index (χ4n) is 3.36. The van der Waals surface area contributed by atoms with Crippen LogP contribution in [0.1, 0.15) is 50.6 Å². The summed E-state index contributed by atoms with van der Waals surface area (Å²) in [6.07, 6.45) is 7.94. The molecule has 1 N–H and O–H groups in total. The zero-order valence-electron chi connectivity index (χ0n) is 12.3. The number of pyridine rings is 1. The third-order valence-corrected chi connectivity index (χ3v) is 4.51. The van der Waals surface area contributed by atoms with Crippen molar-refractivity contribution in [3.8, 4) is 0 Å². The van der Waals surface area contributed by atoms with E-state index in [0.717, 1.165) is 31.2 Å². The first-order valence-corrected chi connectivity index (χ1v) is 7.68. The number of nitrogens with one attached hydrogen (secondary N) is 1. The van der Waals surface area contributed by atoms with Crippen LogP contribution in [0.2, 0.25) is 0 Å². The molecule has 21 heavy (non-hydrogen) atoms. The van der Waals surface area contributed by atoms with Crippen molar-refractivity contribution in [3.05, 3.63) is 30.1 Å². The van der Waals surface area contributed by atoms with Gasteiger partial charge < -0.3 is 0 Å². The normalized spacial score (nSPS) is 24.8. The first-order valence-electron chi connectivity index (χ1n) is 7.68. The van der Waals surface area contributed by atoms with Crippen LogP contribution in [0.4, 0.5) is 0 Å². The second-order valence-corrected chi connectivity index (χ2v) is 5.97.